The topological polar surface area (TPSA) is 68.0 Å². The highest BCUT2D eigenvalue weighted by Crippen LogP contribution is 2.14. The molecule has 1 heterocycles. The van der Waals surface area contributed by atoms with Crippen LogP contribution in [0.2, 0.25) is 5.02 Å². The van der Waals surface area contributed by atoms with Gasteiger partial charge in [-0.3, -0.25) is 4.79 Å². The van der Waals surface area contributed by atoms with Crippen molar-refractivity contribution in [3.05, 3.63) is 58.2 Å². The average molecular weight is 300 g/mol. The van der Waals surface area contributed by atoms with Crippen LogP contribution in [0.4, 0.5) is 5.82 Å². The lowest BCUT2D eigenvalue weighted by Crippen LogP contribution is -2.14. The molecule has 3 N–H and O–H groups in total. The van der Waals surface area contributed by atoms with Gasteiger partial charge in [-0.15, -0.1) is 0 Å². The number of hydrogen-bond acceptors (Lipinski definition) is 3. The number of nitrogens with zero attached hydrogens (tertiary/aromatic N) is 1. The number of amides is 1. The fraction of sp³-hybridized carbons (Fsp3) is 0.125. The van der Waals surface area contributed by atoms with Crippen LogP contribution in [0.1, 0.15) is 21.5 Å². The highest BCUT2D eigenvalue weighted by Gasteiger charge is 2.10. The van der Waals surface area contributed by atoms with Gasteiger partial charge in [0.05, 0.1) is 11.6 Å². The van der Waals surface area contributed by atoms with E-state index in [1.54, 1.807) is 18.2 Å². The zero-order valence-electron chi connectivity index (χ0n) is 11.5. The third-order valence-electron chi connectivity index (χ3n) is 2.79. The lowest BCUT2D eigenvalue weighted by atomic mass is 10.0. The maximum absolute atomic E-state index is 12.3. The molecule has 0 fully saturated rings. The molecule has 5 heteroatoms. The molecule has 1 amide bonds. The van der Waals surface area contributed by atoms with E-state index >= 15 is 0 Å². The fourth-order valence-corrected chi connectivity index (χ4v) is 1.84. The first-order valence-corrected chi connectivity index (χ1v) is 6.70. The van der Waals surface area contributed by atoms with Crippen molar-refractivity contribution in [2.75, 3.05) is 11.9 Å². The summed E-state index contributed by atoms with van der Waals surface area (Å²) in [5.74, 6) is 5.88. The first kappa shape index (κ1) is 15.0. The Hall–Kier alpha value is -2.35. The first-order chi connectivity index (χ1) is 10.1. The highest BCUT2D eigenvalue weighted by molar-refractivity contribution is 6.30. The van der Waals surface area contributed by atoms with E-state index in [9.17, 15) is 4.79 Å². The van der Waals surface area contributed by atoms with Crippen LogP contribution in [0.3, 0.4) is 0 Å². The summed E-state index contributed by atoms with van der Waals surface area (Å²) in [6.07, 6.45) is 1.48. The molecule has 21 heavy (non-hydrogen) atoms. The quantitative estimate of drug-likeness (QED) is 0.838. The number of carbonyl (C=O) groups excluding carboxylic acids is 1. The number of benzene rings is 1. The van der Waals surface area contributed by atoms with E-state index in [2.05, 4.69) is 22.1 Å². The molecule has 0 saturated carbocycles. The van der Waals surface area contributed by atoms with Gasteiger partial charge < -0.3 is 11.1 Å². The summed E-state index contributed by atoms with van der Waals surface area (Å²) < 4.78 is 0. The molecule has 2 rings (SSSR count). The predicted octanol–water partition coefficient (Wildman–Crippen LogP) is 2.61. The Labute approximate surface area is 128 Å². The Bertz CT molecular complexity index is 715. The van der Waals surface area contributed by atoms with Crippen LogP contribution in [-0.4, -0.2) is 17.4 Å². The molecule has 0 aliphatic rings. The van der Waals surface area contributed by atoms with E-state index in [1.165, 1.54) is 6.20 Å². The second kappa shape index (κ2) is 6.89. The third-order valence-corrected chi connectivity index (χ3v) is 3.01. The number of pyridine rings is 1. The summed E-state index contributed by atoms with van der Waals surface area (Å²) in [6.45, 7) is 2.15. The van der Waals surface area contributed by atoms with Crippen molar-refractivity contribution in [1.29, 1.82) is 0 Å². The SMILES string of the molecule is Cc1ccc(C#CCN)cc1C(=O)Nc1ccc(Cl)cn1. The zero-order chi connectivity index (χ0) is 15.2. The molecular formula is C16H14ClN3O. The normalized spacial score (nSPS) is 9.67. The molecule has 0 saturated heterocycles. The van der Waals surface area contributed by atoms with E-state index in [0.717, 1.165) is 11.1 Å². The van der Waals surface area contributed by atoms with Crippen LogP contribution in [-0.2, 0) is 0 Å². The van der Waals surface area contributed by atoms with Gasteiger partial charge in [-0.2, -0.15) is 0 Å². The molecule has 2 aromatic rings. The molecule has 0 spiro atoms. The zero-order valence-corrected chi connectivity index (χ0v) is 12.2. The van der Waals surface area contributed by atoms with Gasteiger partial charge in [-0.25, -0.2) is 4.98 Å². The summed E-state index contributed by atoms with van der Waals surface area (Å²) in [6, 6.07) is 8.76. The van der Waals surface area contributed by atoms with Gasteiger partial charge in [-0.05, 0) is 36.8 Å². The summed E-state index contributed by atoms with van der Waals surface area (Å²) in [4.78, 5) is 16.3. The smallest absolute Gasteiger partial charge is 0.257 e. The minimum Gasteiger partial charge on any atom is -0.320 e. The van der Waals surface area contributed by atoms with Crippen LogP contribution in [0, 0.1) is 18.8 Å². The lowest BCUT2D eigenvalue weighted by molar-refractivity contribution is 0.102. The van der Waals surface area contributed by atoms with Crippen molar-refractivity contribution in [1.82, 2.24) is 4.98 Å². The number of nitrogens with two attached hydrogens (primary N) is 1. The third kappa shape index (κ3) is 4.06. The summed E-state index contributed by atoms with van der Waals surface area (Å²) in [5, 5.41) is 3.24. The van der Waals surface area contributed by atoms with Crippen LogP contribution in [0.5, 0.6) is 0 Å². The van der Waals surface area contributed by atoms with Gasteiger partial charge in [0, 0.05) is 17.3 Å². The Morgan fingerprint density at radius 1 is 1.38 bits per heavy atom. The van der Waals surface area contributed by atoms with E-state index in [0.29, 0.717) is 16.4 Å². The number of anilines is 1. The van der Waals surface area contributed by atoms with Crippen molar-refractivity contribution >= 4 is 23.3 Å². The largest absolute Gasteiger partial charge is 0.320 e. The fourth-order valence-electron chi connectivity index (χ4n) is 1.73. The highest BCUT2D eigenvalue weighted by atomic mass is 35.5. The Kier molecular flexibility index (Phi) is 4.94. The molecule has 0 atom stereocenters. The molecule has 1 aromatic heterocycles. The standard InChI is InChI=1S/C16H14ClN3O/c1-11-4-5-12(3-2-8-18)9-14(11)16(21)20-15-7-6-13(17)10-19-15/h4-7,9-10H,8,18H2,1H3,(H,19,20,21). The second-order valence-corrected chi connectivity index (χ2v) is 4.79. The molecule has 106 valence electrons. The molecular weight excluding hydrogens is 286 g/mol. The van der Waals surface area contributed by atoms with Gasteiger partial charge >= 0.3 is 0 Å². The molecule has 4 nitrogen and oxygen atoms in total. The number of halogens is 1. The summed E-state index contributed by atoms with van der Waals surface area (Å²) in [7, 11) is 0. The molecule has 0 unspecified atom stereocenters. The van der Waals surface area contributed by atoms with Gasteiger partial charge in [0.1, 0.15) is 5.82 Å². The van der Waals surface area contributed by atoms with E-state index in [-0.39, 0.29) is 12.5 Å². The van der Waals surface area contributed by atoms with Crippen molar-refractivity contribution in [2.45, 2.75) is 6.92 Å². The van der Waals surface area contributed by atoms with Gasteiger partial charge in [0.2, 0.25) is 0 Å². The average Bonchev–Trinajstić information content (AvgIpc) is 2.48. The monoisotopic (exact) mass is 299 g/mol. The lowest BCUT2D eigenvalue weighted by Gasteiger charge is -2.07. The van der Waals surface area contributed by atoms with Gasteiger partial charge in [0.15, 0.2) is 0 Å². The van der Waals surface area contributed by atoms with E-state index in [4.69, 9.17) is 17.3 Å². The van der Waals surface area contributed by atoms with Crippen molar-refractivity contribution in [3.63, 3.8) is 0 Å². The van der Waals surface area contributed by atoms with Crippen molar-refractivity contribution < 1.29 is 4.79 Å². The molecule has 0 aliphatic heterocycles. The minimum absolute atomic E-state index is 0.237. The van der Waals surface area contributed by atoms with E-state index in [1.807, 2.05) is 19.1 Å². The summed E-state index contributed by atoms with van der Waals surface area (Å²) in [5.41, 5.74) is 7.51. The first-order valence-electron chi connectivity index (χ1n) is 6.32. The number of hydrogen-bond donors (Lipinski definition) is 2. The van der Waals surface area contributed by atoms with E-state index < -0.39 is 0 Å². The number of rotatable bonds is 2. The van der Waals surface area contributed by atoms with Gasteiger partial charge in [0.25, 0.3) is 5.91 Å². The molecule has 0 radical (unpaired) electrons. The Balaban J connectivity index is 2.23. The van der Waals surface area contributed by atoms with Crippen molar-refractivity contribution in [3.8, 4) is 11.8 Å². The van der Waals surface area contributed by atoms with Crippen LogP contribution in [0.15, 0.2) is 36.5 Å². The number of nitrogens with one attached hydrogen (secondary N) is 1. The van der Waals surface area contributed by atoms with Crippen LogP contribution >= 0.6 is 11.6 Å². The summed E-state index contributed by atoms with van der Waals surface area (Å²) >= 11 is 5.76. The Morgan fingerprint density at radius 3 is 2.86 bits per heavy atom. The van der Waals surface area contributed by atoms with Crippen LogP contribution in [0.25, 0.3) is 0 Å². The molecule has 0 bridgehead atoms. The molecule has 0 aliphatic carbocycles. The minimum atomic E-state index is -0.237. The molecule has 1 aromatic carbocycles. The van der Waals surface area contributed by atoms with Crippen LogP contribution < -0.4 is 11.1 Å². The second-order valence-electron chi connectivity index (χ2n) is 4.35. The number of carbonyl (C=O) groups is 1. The van der Waals surface area contributed by atoms with Gasteiger partial charge in [-0.1, -0.05) is 29.5 Å². The number of aromatic nitrogens is 1. The number of aryl methyl sites for hydroxylation is 1. The Morgan fingerprint density at radius 2 is 2.19 bits per heavy atom. The maximum Gasteiger partial charge on any atom is 0.257 e. The van der Waals surface area contributed by atoms with Crippen molar-refractivity contribution in [2.24, 2.45) is 5.73 Å². The maximum atomic E-state index is 12.3. The predicted molar refractivity (Wildman–Crippen MR) is 84.3 cm³/mol.